The van der Waals surface area contributed by atoms with E-state index in [0.29, 0.717) is 29.1 Å². The third kappa shape index (κ3) is 24.0. The fourth-order valence-corrected chi connectivity index (χ4v) is 17.8. The largest absolute Gasteiger partial charge is 0.508 e. The molecule has 13 atom stereocenters. The lowest BCUT2D eigenvalue weighted by molar-refractivity contribution is -0.141. The van der Waals surface area contributed by atoms with Crippen molar-refractivity contribution in [3.05, 3.63) is 29.8 Å². The highest BCUT2D eigenvalue weighted by Gasteiger charge is 2.49. The minimum Gasteiger partial charge on any atom is -0.508 e. The van der Waals surface area contributed by atoms with Crippen LogP contribution in [-0.4, -0.2) is 215 Å². The van der Waals surface area contributed by atoms with Gasteiger partial charge in [-0.25, -0.2) is 4.79 Å². The van der Waals surface area contributed by atoms with Crippen LogP contribution in [0.25, 0.3) is 0 Å². The molecule has 1 spiro atoms. The Labute approximate surface area is 554 Å². The molecule has 4 fully saturated rings. The first-order chi connectivity index (χ1) is 43.7. The number of phenols is 1. The molecule has 33 nitrogen and oxygen atoms in total. The summed E-state index contributed by atoms with van der Waals surface area (Å²) in [5.74, 6) is -21.0. The Balaban J connectivity index is 1.85. The number of carbonyl (C=O) groups is 16. The number of carboxylic acids is 2. The van der Waals surface area contributed by atoms with Gasteiger partial charge in [0.05, 0.1) is 13.0 Å². The zero-order chi connectivity index (χ0) is 69.0. The lowest BCUT2D eigenvalue weighted by Crippen LogP contribution is -2.61. The molecule has 5 rings (SSSR count). The molecule has 2 unspecified atom stereocenters. The Kier molecular flexibility index (Phi) is 29.0. The Morgan fingerprint density at radius 1 is 0.645 bits per heavy atom. The number of thioether (sulfide) groups is 3. The van der Waals surface area contributed by atoms with Gasteiger partial charge in [0.25, 0.3) is 5.91 Å². The van der Waals surface area contributed by atoms with Crippen molar-refractivity contribution in [2.24, 2.45) is 17.6 Å². The van der Waals surface area contributed by atoms with E-state index in [-0.39, 0.29) is 30.8 Å². The lowest BCUT2D eigenvalue weighted by atomic mass is 10.0. The number of nitrogens with one attached hydrogen (secondary N) is 13. The van der Waals surface area contributed by atoms with Crippen LogP contribution in [0.2, 0.25) is 0 Å². The van der Waals surface area contributed by atoms with Crippen molar-refractivity contribution in [2.75, 3.05) is 29.6 Å². The van der Waals surface area contributed by atoms with Gasteiger partial charge < -0.3 is 90.2 Å². The van der Waals surface area contributed by atoms with E-state index in [9.17, 15) is 92.0 Å². The fourth-order valence-electron chi connectivity index (χ4n) is 9.42. The summed E-state index contributed by atoms with van der Waals surface area (Å²) in [6, 6.07) is -13.2. The van der Waals surface area contributed by atoms with Crippen molar-refractivity contribution in [1.29, 1.82) is 0 Å². The number of rotatable bonds is 12. The third-order valence-corrected chi connectivity index (χ3v) is 22.6. The second kappa shape index (κ2) is 35.5. The average Bonchev–Trinajstić information content (AvgIpc) is 1.75. The standard InChI is InChI=1S/C55H78N14O19S5/c1-23(2)15-31-47(81)69-53-52(86)66-34-18-55(92-53)90-21-37(54(87)88)60-39(73)19-57-43(77)32(16-27-7-9-28(71)10-8-27)64-49(83)35(67-42(76)25(5)58-51(85)41(24(3)4)68-46(80)33(17-38(56)72)65-48(34)82)20-89-14-13-30(62-50(84)36(22-91-93-55)59-26(6)70)45(79)61-29(44(78)63-31)11-12-40(74)75/h7-10,23-25,29-37,41,53,71H,11-22H2,1-6H3,(H2,56,72)(H,57,77)(H,58,85)(H,59,70)(H,60,73)(H,61,79)(H,62,84)(H,63,78)(H,64,83)(H,65,82)(H,66,86)(H,67,76)(H,68,80)(H,69,81)(H,74,75)(H,87,88)/t25-,29-,30-,31-,32-,33-,34-,35-,36-,37-,41-,53?,55?/m0/s1. The molecule has 18 N–H and O–H groups in total. The summed E-state index contributed by atoms with van der Waals surface area (Å²) >= 11 is 2.20. The first-order valence-corrected chi connectivity index (χ1v) is 34.7. The van der Waals surface area contributed by atoms with Gasteiger partial charge >= 0.3 is 11.9 Å². The molecular weight excluding hydrogens is 1320 g/mol. The summed E-state index contributed by atoms with van der Waals surface area (Å²) < 4.78 is -1.89. The van der Waals surface area contributed by atoms with Crippen LogP contribution in [0.5, 0.6) is 5.75 Å². The van der Waals surface area contributed by atoms with Crippen LogP contribution in [0.15, 0.2) is 24.3 Å². The van der Waals surface area contributed by atoms with E-state index in [0.717, 1.165) is 40.3 Å². The number of hydrogen-bond donors (Lipinski definition) is 17. The second-order valence-electron chi connectivity index (χ2n) is 22.9. The number of hydrogen-bond acceptors (Lipinski definition) is 22. The third-order valence-electron chi connectivity index (χ3n) is 14.3. The van der Waals surface area contributed by atoms with Crippen LogP contribution >= 0.6 is 56.9 Å². The van der Waals surface area contributed by atoms with Gasteiger partial charge in [-0.3, -0.25) is 71.9 Å². The lowest BCUT2D eigenvalue weighted by Gasteiger charge is -2.35. The molecule has 512 valence electrons. The van der Waals surface area contributed by atoms with Crippen LogP contribution in [0.3, 0.4) is 0 Å². The molecule has 4 heterocycles. The molecule has 93 heavy (non-hydrogen) atoms. The highest BCUT2D eigenvalue weighted by molar-refractivity contribution is 8.80. The van der Waals surface area contributed by atoms with Crippen molar-refractivity contribution in [2.45, 2.75) is 162 Å². The van der Waals surface area contributed by atoms with E-state index in [2.05, 4.69) is 69.1 Å². The molecule has 0 aliphatic carbocycles. The maximum absolute atomic E-state index is 14.9. The molecule has 4 saturated heterocycles. The summed E-state index contributed by atoms with van der Waals surface area (Å²) in [4.78, 5) is 225. The van der Waals surface area contributed by atoms with E-state index < -0.39 is 231 Å². The molecule has 5 bridgehead atoms. The Morgan fingerprint density at radius 2 is 1.25 bits per heavy atom. The number of carbonyl (C=O) groups excluding carboxylic acids is 14. The number of aliphatic carboxylic acids is 2. The average molecular weight is 1400 g/mol. The SMILES string of the molecule is CC(=O)N[C@H]1CSSC23C[C@@H]4NC(=O)C(NC(=O)[C@H](CC(C)C)NC(=O)[C@H](CCC(=O)O)NC(=O)[C@H](CCSC[C@H](NC(=O)[C@H](C)NC(=O)[C@H](C(C)C)NC(=O)[C@H](CC(N)=O)NC4=O)C(=O)N[C@@H](Cc4ccc(O)cc4)C(=O)NCC(=O)N[C@H](C(=O)O)CS2)NC1=O)S3. The van der Waals surface area contributed by atoms with Crippen LogP contribution in [0, 0.1) is 11.8 Å². The van der Waals surface area contributed by atoms with E-state index >= 15 is 0 Å². The minimum atomic E-state index is -1.92. The van der Waals surface area contributed by atoms with Gasteiger partial charge in [0.15, 0.2) is 5.37 Å². The zero-order valence-corrected chi connectivity index (χ0v) is 55.5. The number of fused-ring (bicyclic) bond motifs is 6. The Bertz CT molecular complexity index is 3020. The molecule has 38 heteroatoms. The first-order valence-electron chi connectivity index (χ1n) is 29.3. The van der Waals surface area contributed by atoms with Gasteiger partial charge in [-0.15, -0.1) is 11.8 Å². The van der Waals surface area contributed by atoms with Crippen molar-refractivity contribution in [3.8, 4) is 5.75 Å². The van der Waals surface area contributed by atoms with Gasteiger partial charge in [-0.05, 0) is 61.5 Å². The molecule has 0 aromatic heterocycles. The minimum absolute atomic E-state index is 0.160. The number of nitrogens with two attached hydrogens (primary N) is 1. The maximum atomic E-state index is 14.9. The normalized spacial score (nSPS) is 29.2. The first kappa shape index (κ1) is 76.0. The smallest absolute Gasteiger partial charge is 0.327 e. The van der Waals surface area contributed by atoms with Crippen molar-refractivity contribution in [1.82, 2.24) is 69.1 Å². The molecule has 14 amide bonds. The molecule has 0 radical (unpaired) electrons. The summed E-state index contributed by atoms with van der Waals surface area (Å²) in [5, 5.41) is 61.1. The quantitative estimate of drug-likeness (QED) is 0.0877. The number of amides is 14. The summed E-state index contributed by atoms with van der Waals surface area (Å²) in [7, 11) is 1.59. The molecule has 0 saturated carbocycles. The van der Waals surface area contributed by atoms with Crippen LogP contribution in [0.4, 0.5) is 0 Å². The number of carboxylic acid groups (broad SMARTS) is 2. The van der Waals surface area contributed by atoms with E-state index in [1.54, 1.807) is 13.8 Å². The Morgan fingerprint density at radius 3 is 1.88 bits per heavy atom. The fraction of sp³-hybridized carbons (Fsp3) is 0.600. The predicted octanol–water partition coefficient (Wildman–Crippen LogP) is -4.54. The van der Waals surface area contributed by atoms with Crippen LogP contribution in [-0.2, 0) is 83.1 Å². The van der Waals surface area contributed by atoms with E-state index in [1.165, 1.54) is 45.0 Å². The molecular formula is C55H78N14O19S5. The highest BCUT2D eigenvalue weighted by Crippen LogP contribution is 2.57. The van der Waals surface area contributed by atoms with Crippen molar-refractivity contribution in [3.63, 3.8) is 0 Å². The van der Waals surface area contributed by atoms with E-state index in [1.807, 2.05) is 0 Å². The highest BCUT2D eigenvalue weighted by atomic mass is 33.1. The molecule has 4 aliphatic rings. The molecule has 1 aromatic carbocycles. The summed E-state index contributed by atoms with van der Waals surface area (Å²) in [6.07, 6.45) is -3.74. The second-order valence-corrected chi connectivity index (χ2v) is 30.1. The zero-order valence-electron chi connectivity index (χ0n) is 51.4. The number of primary amides is 1. The number of phenolic OH excluding ortho intramolecular Hbond substituents is 1. The monoisotopic (exact) mass is 1400 g/mol. The van der Waals surface area contributed by atoms with Gasteiger partial charge in [-0.2, -0.15) is 11.8 Å². The summed E-state index contributed by atoms with van der Waals surface area (Å²) in [5.41, 5.74) is 5.96. The van der Waals surface area contributed by atoms with E-state index in [4.69, 9.17) is 5.73 Å². The topological polar surface area (TPSA) is 516 Å². The van der Waals surface area contributed by atoms with Gasteiger partial charge in [0.1, 0.15) is 75.6 Å². The van der Waals surface area contributed by atoms with Gasteiger partial charge in [-0.1, -0.05) is 73.2 Å². The molecule has 1 aromatic rings. The predicted molar refractivity (Wildman–Crippen MR) is 341 cm³/mol. The maximum Gasteiger partial charge on any atom is 0.327 e. The van der Waals surface area contributed by atoms with Crippen molar-refractivity contribution < 1.29 is 92.0 Å². The number of aromatic hydroxyl groups is 1. The van der Waals surface area contributed by atoms with Gasteiger partial charge in [0, 0.05) is 43.4 Å². The molecule has 4 aliphatic heterocycles. The van der Waals surface area contributed by atoms with Crippen molar-refractivity contribution >= 4 is 152 Å². The Hall–Kier alpha value is -7.71. The van der Waals surface area contributed by atoms with Crippen LogP contribution < -0.4 is 74.9 Å². The van der Waals surface area contributed by atoms with Gasteiger partial charge in [0.2, 0.25) is 76.8 Å². The number of benzene rings is 1. The van der Waals surface area contributed by atoms with Crippen LogP contribution in [0.1, 0.15) is 85.6 Å². The summed E-state index contributed by atoms with van der Waals surface area (Å²) in [6.45, 7) is 7.74.